The average molecular weight is 308 g/mol. The molecule has 1 aromatic carbocycles. The summed E-state index contributed by atoms with van der Waals surface area (Å²) < 4.78 is 6.20. The van der Waals surface area contributed by atoms with Gasteiger partial charge in [-0.05, 0) is 51.5 Å². The van der Waals surface area contributed by atoms with E-state index in [1.54, 1.807) is 0 Å². The third kappa shape index (κ3) is 2.85. The maximum absolute atomic E-state index is 6.17. The molecule has 0 amide bonds. The number of hydrogen-bond acceptors (Lipinski definition) is 2. The third-order valence-electron chi connectivity index (χ3n) is 3.38. The Hall–Kier alpha value is -1.06. The highest BCUT2D eigenvalue weighted by Gasteiger charge is 2.13. The molecule has 2 atom stereocenters. The van der Waals surface area contributed by atoms with Gasteiger partial charge in [0.2, 0.25) is 0 Å². The van der Waals surface area contributed by atoms with Crippen molar-refractivity contribution in [1.29, 1.82) is 0 Å². The molecule has 2 N–H and O–H groups in total. The van der Waals surface area contributed by atoms with Gasteiger partial charge in [0.1, 0.15) is 5.76 Å². The molecule has 1 heterocycles. The van der Waals surface area contributed by atoms with E-state index >= 15 is 0 Å². The zero-order chi connectivity index (χ0) is 13.1. The molecular formula is C15H18BrNO. The number of benzene rings is 1. The van der Waals surface area contributed by atoms with Crippen molar-refractivity contribution >= 4 is 15.9 Å². The Balaban J connectivity index is 2.19. The van der Waals surface area contributed by atoms with Crippen LogP contribution in [-0.4, -0.2) is 0 Å². The van der Waals surface area contributed by atoms with Crippen molar-refractivity contribution in [3.63, 3.8) is 0 Å². The van der Waals surface area contributed by atoms with Gasteiger partial charge in [0.15, 0.2) is 4.67 Å². The molecule has 0 spiro atoms. The SMILES string of the molecule is CCC(C)c1ccc(C(N)c2ccc(Br)o2)cc1. The minimum absolute atomic E-state index is 0.206. The summed E-state index contributed by atoms with van der Waals surface area (Å²) in [6, 6.07) is 12.0. The molecule has 0 aliphatic carbocycles. The van der Waals surface area contributed by atoms with Crippen LogP contribution < -0.4 is 5.73 Å². The third-order valence-corrected chi connectivity index (χ3v) is 3.80. The highest BCUT2D eigenvalue weighted by Crippen LogP contribution is 2.26. The molecule has 0 radical (unpaired) electrons. The number of halogens is 1. The Morgan fingerprint density at radius 1 is 1.11 bits per heavy atom. The molecule has 2 aromatic rings. The molecule has 2 unspecified atom stereocenters. The van der Waals surface area contributed by atoms with Crippen LogP contribution in [0.3, 0.4) is 0 Å². The summed E-state index contributed by atoms with van der Waals surface area (Å²) in [5.74, 6) is 1.37. The van der Waals surface area contributed by atoms with Crippen LogP contribution in [0.2, 0.25) is 0 Å². The van der Waals surface area contributed by atoms with Gasteiger partial charge >= 0.3 is 0 Å². The van der Waals surface area contributed by atoms with Crippen LogP contribution in [0.4, 0.5) is 0 Å². The Morgan fingerprint density at radius 2 is 1.72 bits per heavy atom. The van der Waals surface area contributed by atoms with Gasteiger partial charge < -0.3 is 10.2 Å². The van der Waals surface area contributed by atoms with Crippen molar-refractivity contribution in [2.75, 3.05) is 0 Å². The van der Waals surface area contributed by atoms with Crippen LogP contribution >= 0.6 is 15.9 Å². The second kappa shape index (κ2) is 5.72. The molecule has 3 heteroatoms. The molecule has 1 aromatic heterocycles. The van der Waals surface area contributed by atoms with Crippen LogP contribution in [0.25, 0.3) is 0 Å². The summed E-state index contributed by atoms with van der Waals surface area (Å²) in [5, 5.41) is 0. The predicted molar refractivity (Wildman–Crippen MR) is 77.6 cm³/mol. The standard InChI is InChI=1S/C15H18BrNO/c1-3-10(2)11-4-6-12(7-5-11)15(17)13-8-9-14(16)18-13/h4-10,15H,3,17H2,1-2H3. The normalized spacial score (nSPS) is 14.4. The van der Waals surface area contributed by atoms with Gasteiger partial charge in [-0.1, -0.05) is 38.1 Å². The second-order valence-corrected chi connectivity index (χ2v) is 5.38. The first-order valence-corrected chi connectivity index (χ1v) is 7.01. The fourth-order valence-electron chi connectivity index (χ4n) is 1.93. The Morgan fingerprint density at radius 3 is 2.22 bits per heavy atom. The van der Waals surface area contributed by atoms with Gasteiger partial charge in [0.25, 0.3) is 0 Å². The minimum atomic E-state index is -0.206. The van der Waals surface area contributed by atoms with Crippen LogP contribution in [0.1, 0.15) is 49.1 Å². The lowest BCUT2D eigenvalue weighted by molar-refractivity contribution is 0.470. The first-order chi connectivity index (χ1) is 8.61. The molecule has 0 bridgehead atoms. The van der Waals surface area contributed by atoms with E-state index in [0.29, 0.717) is 10.6 Å². The summed E-state index contributed by atoms with van der Waals surface area (Å²) in [6.07, 6.45) is 1.15. The molecule has 0 aliphatic rings. The zero-order valence-electron chi connectivity index (χ0n) is 10.7. The molecule has 2 nitrogen and oxygen atoms in total. The maximum Gasteiger partial charge on any atom is 0.169 e. The van der Waals surface area contributed by atoms with E-state index in [9.17, 15) is 0 Å². The number of nitrogens with two attached hydrogens (primary N) is 1. The van der Waals surface area contributed by atoms with Crippen molar-refractivity contribution in [2.45, 2.75) is 32.2 Å². The topological polar surface area (TPSA) is 39.2 Å². The van der Waals surface area contributed by atoms with Gasteiger partial charge in [-0.25, -0.2) is 0 Å². The molecule has 96 valence electrons. The summed E-state index contributed by atoms with van der Waals surface area (Å²) >= 11 is 3.29. The molecule has 18 heavy (non-hydrogen) atoms. The first kappa shape index (κ1) is 13.4. The molecule has 0 fully saturated rings. The van der Waals surface area contributed by atoms with Crippen molar-refractivity contribution in [1.82, 2.24) is 0 Å². The Labute approximate surface area is 116 Å². The summed E-state index contributed by atoms with van der Waals surface area (Å²) in [7, 11) is 0. The fraction of sp³-hybridized carbons (Fsp3) is 0.333. The molecule has 0 aliphatic heterocycles. The van der Waals surface area contributed by atoms with Crippen molar-refractivity contribution in [3.8, 4) is 0 Å². The predicted octanol–water partition coefficient (Wildman–Crippen LogP) is 4.60. The minimum Gasteiger partial charge on any atom is -0.452 e. The highest BCUT2D eigenvalue weighted by atomic mass is 79.9. The van der Waals surface area contributed by atoms with E-state index in [-0.39, 0.29) is 6.04 Å². The highest BCUT2D eigenvalue weighted by molar-refractivity contribution is 9.10. The van der Waals surface area contributed by atoms with Crippen LogP contribution in [0.5, 0.6) is 0 Å². The van der Waals surface area contributed by atoms with E-state index in [4.69, 9.17) is 10.2 Å². The second-order valence-electron chi connectivity index (χ2n) is 4.60. The van der Waals surface area contributed by atoms with Crippen LogP contribution in [0.15, 0.2) is 45.5 Å². The first-order valence-electron chi connectivity index (χ1n) is 6.22. The van der Waals surface area contributed by atoms with Crippen molar-refractivity contribution in [2.24, 2.45) is 5.73 Å². The van der Waals surface area contributed by atoms with E-state index in [1.807, 2.05) is 12.1 Å². The summed E-state index contributed by atoms with van der Waals surface area (Å²) in [4.78, 5) is 0. The van der Waals surface area contributed by atoms with Gasteiger partial charge in [-0.3, -0.25) is 0 Å². The largest absolute Gasteiger partial charge is 0.452 e. The fourth-order valence-corrected chi connectivity index (χ4v) is 2.25. The summed E-state index contributed by atoms with van der Waals surface area (Å²) in [6.45, 7) is 4.43. The lowest BCUT2D eigenvalue weighted by Crippen LogP contribution is -2.10. The number of rotatable bonds is 4. The monoisotopic (exact) mass is 307 g/mol. The van der Waals surface area contributed by atoms with Gasteiger partial charge in [-0.15, -0.1) is 0 Å². The Kier molecular flexibility index (Phi) is 4.25. The zero-order valence-corrected chi connectivity index (χ0v) is 12.3. The van der Waals surface area contributed by atoms with E-state index in [2.05, 4.69) is 54.0 Å². The summed E-state index contributed by atoms with van der Waals surface area (Å²) in [5.41, 5.74) is 8.60. The van der Waals surface area contributed by atoms with Crippen molar-refractivity contribution in [3.05, 3.63) is 58.0 Å². The maximum atomic E-state index is 6.17. The van der Waals surface area contributed by atoms with Gasteiger partial charge in [0, 0.05) is 0 Å². The number of hydrogen-bond donors (Lipinski definition) is 1. The van der Waals surface area contributed by atoms with E-state index in [0.717, 1.165) is 17.7 Å². The van der Waals surface area contributed by atoms with Gasteiger partial charge in [-0.2, -0.15) is 0 Å². The average Bonchev–Trinajstić information content (AvgIpc) is 2.84. The number of furan rings is 1. The van der Waals surface area contributed by atoms with Crippen LogP contribution in [0, 0.1) is 0 Å². The van der Waals surface area contributed by atoms with Gasteiger partial charge in [0.05, 0.1) is 6.04 Å². The lowest BCUT2D eigenvalue weighted by atomic mass is 9.96. The molecule has 0 saturated heterocycles. The smallest absolute Gasteiger partial charge is 0.169 e. The molecular weight excluding hydrogens is 290 g/mol. The quantitative estimate of drug-likeness (QED) is 0.896. The molecule has 0 saturated carbocycles. The van der Waals surface area contributed by atoms with Crippen LogP contribution in [-0.2, 0) is 0 Å². The van der Waals surface area contributed by atoms with Crippen molar-refractivity contribution < 1.29 is 4.42 Å². The Bertz CT molecular complexity index is 503. The molecule has 2 rings (SSSR count). The van der Waals surface area contributed by atoms with E-state index in [1.165, 1.54) is 5.56 Å². The van der Waals surface area contributed by atoms with E-state index < -0.39 is 0 Å². The lowest BCUT2D eigenvalue weighted by Gasteiger charge is -2.12.